The van der Waals surface area contributed by atoms with Gasteiger partial charge in [-0.3, -0.25) is 18.7 Å². The fourth-order valence-corrected chi connectivity index (χ4v) is 21.8. The number of rotatable bonds is 6. The van der Waals surface area contributed by atoms with Crippen molar-refractivity contribution in [2.75, 3.05) is 0 Å². The molecule has 29 rings (SSSR count). The van der Waals surface area contributed by atoms with Gasteiger partial charge >= 0.3 is 0 Å². The van der Waals surface area contributed by atoms with Gasteiger partial charge in [-0.1, -0.05) is 261 Å². The van der Waals surface area contributed by atoms with Crippen LogP contribution in [0.5, 0.6) is 0 Å². The summed E-state index contributed by atoms with van der Waals surface area (Å²) in [4.78, 5) is 35.2. The molecular weight excluding hydrogens is 1530 g/mol. The van der Waals surface area contributed by atoms with Gasteiger partial charge in [-0.2, -0.15) is 0 Å². The Morgan fingerprint density at radius 1 is 0.202 bits per heavy atom. The predicted octanol–water partition coefficient (Wildman–Crippen LogP) is 29.3. The fraction of sp³-hybridized carbons (Fsp3) is 0. The lowest BCUT2D eigenvalue weighted by molar-refractivity contribution is 1.10. The summed E-state index contributed by atoms with van der Waals surface area (Å²) < 4.78 is 9.61. The van der Waals surface area contributed by atoms with Crippen LogP contribution in [0, 0.1) is 0 Å². The summed E-state index contributed by atoms with van der Waals surface area (Å²) in [5.74, 6) is 2.69. The van der Waals surface area contributed by atoms with Crippen molar-refractivity contribution in [3.05, 3.63) is 388 Å². The molecule has 0 radical (unpaired) electrons. The van der Waals surface area contributed by atoms with Gasteiger partial charge in [0.25, 0.3) is 0 Å². The molecule has 0 aliphatic heterocycles. The molecule has 3 aliphatic rings. The first-order valence-corrected chi connectivity index (χ1v) is 42.8. The molecule has 0 saturated heterocycles. The average Bonchev–Trinajstić information content (AvgIpc) is 1.53. The van der Waals surface area contributed by atoms with E-state index in [2.05, 4.69) is 347 Å². The van der Waals surface area contributed by atoms with Crippen molar-refractivity contribution in [2.45, 2.75) is 0 Å². The van der Waals surface area contributed by atoms with E-state index in [9.17, 15) is 0 Å². The highest BCUT2D eigenvalue weighted by Crippen LogP contribution is 2.56. The smallest absolute Gasteiger partial charge is 0.138 e. The molecule has 0 unspecified atom stereocenters. The van der Waals surface area contributed by atoms with Crippen molar-refractivity contribution in [3.8, 4) is 118 Å². The molecule has 11 aromatic heterocycles. The van der Waals surface area contributed by atoms with Gasteiger partial charge in [0.1, 0.15) is 17.5 Å². The van der Waals surface area contributed by atoms with Crippen LogP contribution in [0.25, 0.3) is 269 Å². The Hall–Kier alpha value is -16.5. The molecule has 124 heavy (non-hydrogen) atoms. The van der Waals surface area contributed by atoms with Gasteiger partial charge in [0.05, 0.1) is 89.0 Å². The molecule has 0 amide bonds. The number of benzene rings is 15. The topological polar surface area (TPSA) is 105 Å². The largest absolute Gasteiger partial charge is 0.294 e. The van der Waals surface area contributed by atoms with E-state index >= 15 is 0 Å². The number of thiophene rings is 1. The summed E-state index contributed by atoms with van der Waals surface area (Å²) in [6.07, 6.45) is 1.89. The molecule has 26 aromatic rings. The van der Waals surface area contributed by atoms with Gasteiger partial charge in [0.2, 0.25) is 0 Å². The summed E-state index contributed by atoms with van der Waals surface area (Å²) in [5, 5.41) is 17.9. The maximum Gasteiger partial charge on any atom is 0.138 e. The van der Waals surface area contributed by atoms with Crippen LogP contribution in [0.2, 0.25) is 0 Å². The SMILES string of the molecule is c1ccc(-c2ccc3nc(-n4c5cc6sc7ccccc7c6c6c5c5c7c(cccc7ccc54)-c4ccccc4-6)ccc3n2)cc1.c1ccc(-c2ccc3nc(-n4c5cccc6c5c5c7c(cccc7ccc54)-c4ccccc4-6)ccc3n2)cc1.c1ccc(-c2ccc3nc(-n4c5cccc6c5c5c7c(cccc7ccc54)-c4ncccc4-6)ccc3n2)cc1. The lowest BCUT2D eigenvalue weighted by Crippen LogP contribution is -1.99. The number of hydrogen-bond donors (Lipinski definition) is 0. The minimum Gasteiger partial charge on any atom is -0.294 e. The minimum absolute atomic E-state index is 0.876. The lowest BCUT2D eigenvalue weighted by Gasteiger charge is -2.14. The van der Waals surface area contributed by atoms with Crippen LogP contribution in [0.15, 0.2) is 388 Å². The summed E-state index contributed by atoms with van der Waals surface area (Å²) in [5.41, 5.74) is 33.3. The molecule has 11 heterocycles. The first-order valence-electron chi connectivity index (χ1n) is 42.0. The van der Waals surface area contributed by atoms with E-state index in [0.717, 1.165) is 107 Å². The molecule has 0 fully saturated rings. The molecule has 0 atom stereocenters. The Morgan fingerprint density at radius 3 is 1.05 bits per heavy atom. The van der Waals surface area contributed by atoms with E-state index in [1.807, 2.05) is 66.1 Å². The molecule has 0 saturated carbocycles. The van der Waals surface area contributed by atoms with Crippen molar-refractivity contribution in [1.29, 1.82) is 0 Å². The maximum absolute atomic E-state index is 5.27. The fourth-order valence-electron chi connectivity index (χ4n) is 20.6. The van der Waals surface area contributed by atoms with Gasteiger partial charge in [-0.15, -0.1) is 11.3 Å². The van der Waals surface area contributed by atoms with E-state index < -0.39 is 0 Å². The Bertz CT molecular complexity index is 8810. The molecule has 3 aliphatic carbocycles. The highest BCUT2D eigenvalue weighted by Gasteiger charge is 2.32. The van der Waals surface area contributed by atoms with E-state index in [0.29, 0.717) is 0 Å². The van der Waals surface area contributed by atoms with E-state index in [1.54, 1.807) is 0 Å². The minimum atomic E-state index is 0.876. The molecule has 0 N–H and O–H groups in total. The van der Waals surface area contributed by atoms with Crippen LogP contribution in [0.3, 0.4) is 0 Å². The van der Waals surface area contributed by atoms with E-state index in [-0.39, 0.29) is 0 Å². The van der Waals surface area contributed by atoms with Gasteiger partial charge < -0.3 is 0 Å². The van der Waals surface area contributed by atoms with Crippen LogP contribution in [0.1, 0.15) is 0 Å². The van der Waals surface area contributed by atoms with Crippen molar-refractivity contribution < 1.29 is 0 Å². The third-order valence-corrected chi connectivity index (χ3v) is 26.9. The predicted molar refractivity (Wildman–Crippen MR) is 514 cm³/mol. The van der Waals surface area contributed by atoms with Crippen molar-refractivity contribution in [2.24, 2.45) is 0 Å². The second-order valence-electron chi connectivity index (χ2n) is 32.4. The first-order chi connectivity index (χ1) is 61.5. The zero-order valence-electron chi connectivity index (χ0n) is 66.3. The summed E-state index contributed by atoms with van der Waals surface area (Å²) in [6, 6.07) is 136. The molecule has 11 heteroatoms. The van der Waals surface area contributed by atoms with Gasteiger partial charge in [-0.05, 0) is 193 Å². The lowest BCUT2D eigenvalue weighted by atomic mass is 9.91. The molecule has 0 bridgehead atoms. The monoisotopic (exact) mass is 1590 g/mol. The number of hydrogen-bond acceptors (Lipinski definition) is 8. The Morgan fingerprint density at radius 2 is 0.556 bits per heavy atom. The third kappa shape index (κ3) is 10.1. The van der Waals surface area contributed by atoms with Crippen molar-refractivity contribution in [1.82, 2.24) is 48.6 Å². The van der Waals surface area contributed by atoms with Crippen LogP contribution < -0.4 is 0 Å². The van der Waals surface area contributed by atoms with Crippen LogP contribution in [-0.4, -0.2) is 48.6 Å². The molecule has 15 aromatic carbocycles. The molecule has 10 nitrogen and oxygen atoms in total. The first kappa shape index (κ1) is 68.4. The van der Waals surface area contributed by atoms with E-state index in [4.69, 9.17) is 34.9 Å². The highest BCUT2D eigenvalue weighted by atomic mass is 32.1. The van der Waals surface area contributed by atoms with Crippen LogP contribution in [-0.2, 0) is 0 Å². The standard InChI is InChI=1S/C42H23N3S.C36H21N3.C35H20N4/c1-2-9-24(10-3-1)30-18-19-32-31(43-30)20-22-37(44-32)45-33-21-17-25-11-8-15-27-26-12-4-5-13-28(26)40-39-29-14-6-7-16-35(29)46-36(39)23-34(45)42(40)41(33)38(25)27;1-2-8-22(9-3-1)28-17-18-30-29(37-28)19-21-33(38-30)39-31-15-7-14-27-25-12-5-4-11-24(25)26-13-6-10-23-16-20-32(39)36(34(23)26)35(27)31;1-2-7-21(8-3-1)26-15-16-28-27(37-26)17-19-31(38-28)39-29-13-5-10-23-24-12-6-20-36-35(24)25-11-4-9-22-14-18-30(39)34(32(22)25)33(23)29/h1-23H;1-21H;1-20H. The third-order valence-electron chi connectivity index (χ3n) is 25.8. The van der Waals surface area contributed by atoms with Gasteiger partial charge in [0.15, 0.2) is 0 Å². The maximum atomic E-state index is 5.27. The molecular formula is C113H64N10S. The van der Waals surface area contributed by atoms with Gasteiger partial charge in [-0.25, -0.2) is 29.9 Å². The highest BCUT2D eigenvalue weighted by molar-refractivity contribution is 7.26. The van der Waals surface area contributed by atoms with Crippen molar-refractivity contribution >= 4 is 162 Å². The summed E-state index contributed by atoms with van der Waals surface area (Å²) in [7, 11) is 0. The zero-order valence-corrected chi connectivity index (χ0v) is 67.1. The molecule has 572 valence electrons. The average molecular weight is 1590 g/mol. The molecule has 0 spiro atoms. The second-order valence-corrected chi connectivity index (χ2v) is 33.5. The summed E-state index contributed by atoms with van der Waals surface area (Å²) in [6.45, 7) is 0. The Balaban J connectivity index is 0.0000000977. The van der Waals surface area contributed by atoms with Crippen LogP contribution in [0.4, 0.5) is 0 Å². The number of pyridine rings is 7. The number of aromatic nitrogens is 10. The van der Waals surface area contributed by atoms with Gasteiger partial charge in [0, 0.05) is 97.5 Å². The van der Waals surface area contributed by atoms with Crippen LogP contribution >= 0.6 is 11.3 Å². The second kappa shape index (κ2) is 26.5. The number of nitrogens with zero attached hydrogens (tertiary/aromatic N) is 10. The van der Waals surface area contributed by atoms with Crippen molar-refractivity contribution in [3.63, 3.8) is 0 Å². The zero-order chi connectivity index (χ0) is 80.9. The summed E-state index contributed by atoms with van der Waals surface area (Å²) >= 11 is 1.88. The normalized spacial score (nSPS) is 12.2. The van der Waals surface area contributed by atoms with E-state index in [1.165, 1.54) is 163 Å². The quantitative estimate of drug-likeness (QED) is 0.163. The Kier molecular flexibility index (Phi) is 14.6. The number of fused-ring (bicyclic) bond motifs is 16. The Labute approximate surface area is 712 Å².